The molecule has 1 saturated heterocycles. The average Bonchev–Trinajstić information content (AvgIpc) is 2.79. The predicted octanol–water partition coefficient (Wildman–Crippen LogP) is 3.32. The Labute approximate surface area is 168 Å². The Morgan fingerprint density at radius 2 is 1.75 bits per heavy atom. The van der Waals surface area contributed by atoms with Crippen molar-refractivity contribution in [1.82, 2.24) is 4.31 Å². The van der Waals surface area contributed by atoms with Crippen LogP contribution in [0.3, 0.4) is 0 Å². The molecule has 1 amide bonds. The molecule has 0 saturated carbocycles. The van der Waals surface area contributed by atoms with Gasteiger partial charge in [0.05, 0.1) is 11.4 Å². The summed E-state index contributed by atoms with van der Waals surface area (Å²) < 4.78 is 26.5. The van der Waals surface area contributed by atoms with Crippen LogP contribution in [0.25, 0.3) is 6.08 Å². The number of phenols is 1. The van der Waals surface area contributed by atoms with Gasteiger partial charge in [0.25, 0.3) is 15.9 Å². The number of hydrogen-bond donors (Lipinski definition) is 1. The molecular formula is C20H18ClNO5S. The molecule has 1 aliphatic rings. The summed E-state index contributed by atoms with van der Waals surface area (Å²) in [6.07, 6.45) is 1.57. The number of carbonyl (C=O) groups is 2. The Balaban J connectivity index is 2.05. The lowest BCUT2D eigenvalue weighted by Crippen LogP contribution is -2.39. The summed E-state index contributed by atoms with van der Waals surface area (Å²) in [6.45, 7) is 1.30. The molecule has 8 heteroatoms. The average molecular weight is 420 g/mol. The van der Waals surface area contributed by atoms with Crippen LogP contribution in [0.15, 0.2) is 52.9 Å². The summed E-state index contributed by atoms with van der Waals surface area (Å²) in [5.74, 6) is -1.17. The number of benzene rings is 2. The Bertz CT molecular complexity index is 1070. The molecule has 1 aliphatic heterocycles. The summed E-state index contributed by atoms with van der Waals surface area (Å²) in [4.78, 5) is 25.0. The number of amides is 1. The first-order valence-electron chi connectivity index (χ1n) is 8.53. The van der Waals surface area contributed by atoms with Crippen LogP contribution in [-0.2, 0) is 19.6 Å². The second kappa shape index (κ2) is 7.77. The monoisotopic (exact) mass is 419 g/mol. The quantitative estimate of drug-likeness (QED) is 0.770. The van der Waals surface area contributed by atoms with E-state index < -0.39 is 22.5 Å². The first kappa shape index (κ1) is 20.1. The molecule has 1 fully saturated rings. The lowest BCUT2D eigenvalue weighted by molar-refractivity contribution is -0.126. The van der Waals surface area contributed by atoms with E-state index in [0.29, 0.717) is 14.9 Å². The number of sulfonamides is 1. The Morgan fingerprint density at radius 1 is 1.07 bits per heavy atom. The summed E-state index contributed by atoms with van der Waals surface area (Å²) in [5, 5.41) is 10.4. The van der Waals surface area contributed by atoms with E-state index in [0.717, 1.165) is 5.56 Å². The first-order valence-corrected chi connectivity index (χ1v) is 10.3. The van der Waals surface area contributed by atoms with E-state index in [1.165, 1.54) is 36.4 Å². The zero-order valence-corrected chi connectivity index (χ0v) is 16.6. The summed E-state index contributed by atoms with van der Waals surface area (Å²) in [5.41, 5.74) is 1.40. The van der Waals surface area contributed by atoms with Crippen molar-refractivity contribution in [3.63, 3.8) is 0 Å². The number of nitrogens with zero attached hydrogens (tertiary/aromatic N) is 1. The van der Waals surface area contributed by atoms with Crippen LogP contribution in [-0.4, -0.2) is 36.1 Å². The lowest BCUT2D eigenvalue weighted by atomic mass is 10.0. The minimum Gasteiger partial charge on any atom is -0.507 e. The minimum atomic E-state index is -4.23. The third-order valence-electron chi connectivity index (χ3n) is 4.41. The van der Waals surface area contributed by atoms with E-state index in [-0.39, 0.29) is 34.8 Å². The molecule has 0 radical (unpaired) electrons. The molecule has 0 spiro atoms. The van der Waals surface area contributed by atoms with Crippen molar-refractivity contribution < 1.29 is 23.1 Å². The number of ketones is 1. The van der Waals surface area contributed by atoms with Crippen molar-refractivity contribution in [2.45, 2.75) is 24.7 Å². The van der Waals surface area contributed by atoms with Crippen LogP contribution in [0.1, 0.15) is 24.0 Å². The van der Waals surface area contributed by atoms with Gasteiger partial charge >= 0.3 is 0 Å². The zero-order chi connectivity index (χ0) is 20.5. The Morgan fingerprint density at radius 3 is 2.43 bits per heavy atom. The summed E-state index contributed by atoms with van der Waals surface area (Å²) in [6, 6.07) is 10.3. The van der Waals surface area contributed by atoms with Gasteiger partial charge in [0.2, 0.25) is 0 Å². The molecule has 0 unspecified atom stereocenters. The normalized spacial score (nSPS) is 17.1. The lowest BCUT2D eigenvalue weighted by Gasteiger charge is -2.20. The SMILES string of the molecule is Cc1ccc(O)c(/C=C2\CCC(=O)CN(S(=O)(=O)c3ccc(Cl)cc3)C2=O)c1. The molecule has 1 heterocycles. The van der Waals surface area contributed by atoms with Crippen molar-refractivity contribution in [2.24, 2.45) is 0 Å². The van der Waals surface area contributed by atoms with Crippen molar-refractivity contribution in [3.8, 4) is 5.75 Å². The zero-order valence-electron chi connectivity index (χ0n) is 15.1. The number of aryl methyl sites for hydroxylation is 1. The van der Waals surface area contributed by atoms with E-state index in [1.54, 1.807) is 12.1 Å². The van der Waals surface area contributed by atoms with E-state index >= 15 is 0 Å². The fourth-order valence-electron chi connectivity index (χ4n) is 2.89. The number of aromatic hydroxyl groups is 1. The number of hydrogen-bond acceptors (Lipinski definition) is 5. The number of halogens is 1. The van der Waals surface area contributed by atoms with Gasteiger partial charge in [-0.25, -0.2) is 12.7 Å². The summed E-state index contributed by atoms with van der Waals surface area (Å²) >= 11 is 5.80. The van der Waals surface area contributed by atoms with E-state index in [2.05, 4.69) is 0 Å². The largest absolute Gasteiger partial charge is 0.507 e. The van der Waals surface area contributed by atoms with Crippen molar-refractivity contribution in [3.05, 3.63) is 64.2 Å². The molecule has 6 nitrogen and oxygen atoms in total. The number of phenolic OH excluding ortho intramolecular Hbond substituents is 1. The molecule has 0 atom stereocenters. The fourth-order valence-corrected chi connectivity index (χ4v) is 4.40. The van der Waals surface area contributed by atoms with E-state index in [9.17, 15) is 23.1 Å². The van der Waals surface area contributed by atoms with Crippen molar-refractivity contribution in [1.29, 1.82) is 0 Å². The third-order valence-corrected chi connectivity index (χ3v) is 6.40. The van der Waals surface area contributed by atoms with E-state index in [1.807, 2.05) is 6.92 Å². The van der Waals surface area contributed by atoms with Gasteiger partial charge < -0.3 is 5.11 Å². The van der Waals surface area contributed by atoms with Gasteiger partial charge in [-0.1, -0.05) is 23.2 Å². The molecule has 0 bridgehead atoms. The van der Waals surface area contributed by atoms with Crippen LogP contribution in [0, 0.1) is 6.92 Å². The topological polar surface area (TPSA) is 91.8 Å². The highest BCUT2D eigenvalue weighted by Crippen LogP contribution is 2.28. The van der Waals surface area contributed by atoms with Crippen LogP contribution < -0.4 is 0 Å². The van der Waals surface area contributed by atoms with Crippen molar-refractivity contribution >= 4 is 39.4 Å². The number of carbonyl (C=O) groups excluding carboxylic acids is 2. The van der Waals surface area contributed by atoms with Gasteiger partial charge in [0, 0.05) is 22.6 Å². The summed E-state index contributed by atoms with van der Waals surface area (Å²) in [7, 11) is -4.23. The molecule has 146 valence electrons. The maximum atomic E-state index is 13.0. The molecule has 1 N–H and O–H groups in total. The van der Waals surface area contributed by atoms with Gasteiger partial charge in [-0.15, -0.1) is 0 Å². The second-order valence-corrected chi connectivity index (χ2v) is 8.84. The van der Waals surface area contributed by atoms with Crippen molar-refractivity contribution in [2.75, 3.05) is 6.54 Å². The number of rotatable bonds is 3. The molecular weight excluding hydrogens is 402 g/mol. The standard InChI is InChI=1S/C20H18ClNO5S/c1-13-2-9-19(24)15(10-13)11-14-3-6-17(23)12-22(20(14)25)28(26,27)18-7-4-16(21)5-8-18/h2,4-5,7-11,24H,3,6,12H2,1H3/b14-11+. The van der Waals surface area contributed by atoms with Gasteiger partial charge in [0.1, 0.15) is 5.75 Å². The van der Waals surface area contributed by atoms with Crippen LogP contribution in [0.5, 0.6) is 5.75 Å². The molecule has 2 aromatic carbocycles. The van der Waals surface area contributed by atoms with Crippen LogP contribution in [0.2, 0.25) is 5.02 Å². The van der Waals surface area contributed by atoms with Gasteiger partial charge in [-0.05, 0) is 55.8 Å². The predicted molar refractivity (Wildman–Crippen MR) is 105 cm³/mol. The first-order chi connectivity index (χ1) is 13.2. The minimum absolute atomic E-state index is 0.0337. The Kier molecular flexibility index (Phi) is 5.58. The van der Waals surface area contributed by atoms with E-state index in [4.69, 9.17) is 11.6 Å². The van der Waals surface area contributed by atoms with Gasteiger partial charge in [-0.3, -0.25) is 9.59 Å². The van der Waals surface area contributed by atoms with Gasteiger partial charge in [0.15, 0.2) is 5.78 Å². The second-order valence-electron chi connectivity index (χ2n) is 6.54. The van der Waals surface area contributed by atoms with Crippen LogP contribution in [0.4, 0.5) is 0 Å². The highest BCUT2D eigenvalue weighted by molar-refractivity contribution is 7.89. The van der Waals surface area contributed by atoms with Crippen LogP contribution >= 0.6 is 11.6 Å². The molecule has 3 rings (SSSR count). The molecule has 0 aromatic heterocycles. The molecule has 0 aliphatic carbocycles. The smallest absolute Gasteiger partial charge is 0.267 e. The maximum absolute atomic E-state index is 13.0. The number of Topliss-reactive ketones (excluding diaryl/α,β-unsaturated/α-hetero) is 1. The maximum Gasteiger partial charge on any atom is 0.267 e. The highest BCUT2D eigenvalue weighted by atomic mass is 35.5. The Hall–Kier alpha value is -2.64. The fraction of sp³-hybridized carbons (Fsp3) is 0.200. The highest BCUT2D eigenvalue weighted by Gasteiger charge is 2.35. The third kappa shape index (κ3) is 4.10. The molecule has 28 heavy (non-hydrogen) atoms. The molecule has 2 aromatic rings. The van der Waals surface area contributed by atoms with Gasteiger partial charge in [-0.2, -0.15) is 0 Å².